The Morgan fingerprint density at radius 2 is 1.83 bits per heavy atom. The first-order chi connectivity index (χ1) is 14.3. The molecule has 2 aromatic rings. The lowest BCUT2D eigenvalue weighted by atomic mass is 10.4. The lowest BCUT2D eigenvalue weighted by Crippen LogP contribution is -2.38. The third-order valence-electron chi connectivity index (χ3n) is 4.50. The number of ether oxygens (including phenoxy) is 1. The fourth-order valence-electron chi connectivity index (χ4n) is 2.82. The smallest absolute Gasteiger partial charge is 0.230 e. The molecule has 1 fully saturated rings. The Labute approximate surface area is 176 Å². The molecular formula is C19H26N6O4S. The number of hydrogen-bond donors (Lipinski definition) is 1. The summed E-state index contributed by atoms with van der Waals surface area (Å²) in [5, 5.41) is 2.70. The second kappa shape index (κ2) is 9.81. The highest BCUT2D eigenvalue weighted by Gasteiger charge is 2.19. The molecule has 0 spiro atoms. The number of hydrogen-bond acceptors (Lipinski definition) is 9. The van der Waals surface area contributed by atoms with E-state index in [1.807, 2.05) is 19.0 Å². The molecule has 0 bridgehead atoms. The van der Waals surface area contributed by atoms with Crippen molar-refractivity contribution in [2.45, 2.75) is 17.9 Å². The van der Waals surface area contributed by atoms with E-state index < -0.39 is 9.84 Å². The minimum Gasteiger partial charge on any atom is -0.378 e. The van der Waals surface area contributed by atoms with Crippen molar-refractivity contribution in [1.29, 1.82) is 0 Å². The summed E-state index contributed by atoms with van der Waals surface area (Å²) >= 11 is 0. The topological polar surface area (TPSA) is 118 Å². The van der Waals surface area contributed by atoms with E-state index in [0.29, 0.717) is 44.0 Å². The van der Waals surface area contributed by atoms with Gasteiger partial charge < -0.3 is 19.9 Å². The number of carbonyl (C=O) groups is 1. The summed E-state index contributed by atoms with van der Waals surface area (Å²) in [4.78, 5) is 29.5. The molecule has 1 N–H and O–H groups in total. The molecule has 0 unspecified atom stereocenters. The molecule has 1 saturated heterocycles. The van der Waals surface area contributed by atoms with Crippen molar-refractivity contribution in [2.75, 3.05) is 56.0 Å². The van der Waals surface area contributed by atoms with E-state index in [2.05, 4.69) is 20.3 Å². The molecule has 1 aromatic carbocycles. The average molecular weight is 435 g/mol. The van der Waals surface area contributed by atoms with E-state index in [1.54, 1.807) is 23.1 Å². The van der Waals surface area contributed by atoms with Crippen molar-refractivity contribution in [1.82, 2.24) is 20.3 Å². The quantitative estimate of drug-likeness (QED) is 0.624. The van der Waals surface area contributed by atoms with Crippen LogP contribution in [0.1, 0.15) is 12.2 Å². The predicted molar refractivity (Wildman–Crippen MR) is 112 cm³/mol. The Morgan fingerprint density at radius 3 is 2.50 bits per heavy atom. The molecule has 1 aromatic heterocycles. The highest BCUT2D eigenvalue weighted by Crippen LogP contribution is 2.14. The average Bonchev–Trinajstić information content (AvgIpc) is 2.77. The molecule has 3 rings (SSSR count). The van der Waals surface area contributed by atoms with Crippen molar-refractivity contribution in [3.8, 4) is 0 Å². The first-order valence-electron chi connectivity index (χ1n) is 9.64. The summed E-state index contributed by atoms with van der Waals surface area (Å²) in [5.74, 6) is 0.793. The van der Waals surface area contributed by atoms with E-state index >= 15 is 0 Å². The zero-order valence-corrected chi connectivity index (χ0v) is 17.9. The van der Waals surface area contributed by atoms with Gasteiger partial charge in [-0.15, -0.1) is 0 Å². The standard InChI is InChI=1S/C19H26N6O4S/c1-24(2)18-21-16(22-19(23-18)25-9-11-29-12-10-25)14-20-17(26)8-13-30(27,28)15-6-4-3-5-7-15/h3-7H,8-14H2,1-2H3,(H,20,26). The number of amides is 1. The Balaban J connectivity index is 1.61. The van der Waals surface area contributed by atoms with Crippen LogP contribution in [-0.2, 0) is 25.9 Å². The van der Waals surface area contributed by atoms with Crippen LogP contribution >= 0.6 is 0 Å². The molecular weight excluding hydrogens is 408 g/mol. The van der Waals surface area contributed by atoms with Crippen LogP contribution in [0.3, 0.4) is 0 Å². The van der Waals surface area contributed by atoms with E-state index in [0.717, 1.165) is 0 Å². The number of morpholine rings is 1. The normalized spacial score (nSPS) is 14.4. The maximum absolute atomic E-state index is 12.3. The summed E-state index contributed by atoms with van der Waals surface area (Å²) in [6.45, 7) is 2.65. The molecule has 1 amide bonds. The van der Waals surface area contributed by atoms with Crippen molar-refractivity contribution >= 4 is 27.6 Å². The lowest BCUT2D eigenvalue weighted by molar-refractivity contribution is -0.120. The van der Waals surface area contributed by atoms with Gasteiger partial charge in [0.25, 0.3) is 0 Å². The lowest BCUT2D eigenvalue weighted by Gasteiger charge is -2.27. The molecule has 11 heteroatoms. The van der Waals surface area contributed by atoms with Gasteiger partial charge in [0, 0.05) is 33.6 Å². The molecule has 30 heavy (non-hydrogen) atoms. The van der Waals surface area contributed by atoms with Gasteiger partial charge in [0.1, 0.15) is 0 Å². The van der Waals surface area contributed by atoms with Gasteiger partial charge in [-0.05, 0) is 12.1 Å². The molecule has 1 aliphatic rings. The van der Waals surface area contributed by atoms with Crippen LogP contribution in [0.5, 0.6) is 0 Å². The van der Waals surface area contributed by atoms with Gasteiger partial charge in [-0.2, -0.15) is 15.0 Å². The zero-order valence-electron chi connectivity index (χ0n) is 17.1. The number of nitrogens with one attached hydrogen (secondary N) is 1. The maximum Gasteiger partial charge on any atom is 0.230 e. The molecule has 0 radical (unpaired) electrons. The van der Waals surface area contributed by atoms with E-state index in [4.69, 9.17) is 4.74 Å². The third kappa shape index (κ3) is 5.86. The van der Waals surface area contributed by atoms with Gasteiger partial charge in [-0.1, -0.05) is 18.2 Å². The number of rotatable bonds is 8. The van der Waals surface area contributed by atoms with Crippen molar-refractivity contribution in [2.24, 2.45) is 0 Å². The third-order valence-corrected chi connectivity index (χ3v) is 6.23. The Hall–Kier alpha value is -2.79. The van der Waals surface area contributed by atoms with Crippen molar-refractivity contribution in [3.05, 3.63) is 36.2 Å². The Morgan fingerprint density at radius 1 is 1.13 bits per heavy atom. The van der Waals surface area contributed by atoms with Crippen LogP contribution < -0.4 is 15.1 Å². The molecule has 10 nitrogen and oxygen atoms in total. The Bertz CT molecular complexity index is 962. The summed E-state index contributed by atoms with van der Waals surface area (Å²) in [5.41, 5.74) is 0. The zero-order chi connectivity index (χ0) is 21.6. The molecule has 2 heterocycles. The molecule has 162 valence electrons. The number of nitrogens with zero attached hydrogens (tertiary/aromatic N) is 5. The minimum absolute atomic E-state index is 0.0882. The minimum atomic E-state index is -3.50. The van der Waals surface area contributed by atoms with Gasteiger partial charge in [0.15, 0.2) is 15.7 Å². The number of benzene rings is 1. The highest BCUT2D eigenvalue weighted by atomic mass is 32.2. The fourth-order valence-corrected chi connectivity index (χ4v) is 4.08. The molecule has 0 aliphatic carbocycles. The maximum atomic E-state index is 12.3. The van der Waals surface area contributed by atoms with Gasteiger partial charge in [0.2, 0.25) is 17.8 Å². The first-order valence-corrected chi connectivity index (χ1v) is 11.3. The summed E-state index contributed by atoms with van der Waals surface area (Å²) < 4.78 is 30.0. The van der Waals surface area contributed by atoms with Crippen LogP contribution in [-0.4, -0.2) is 75.4 Å². The van der Waals surface area contributed by atoms with Crippen LogP contribution in [0.4, 0.5) is 11.9 Å². The largest absolute Gasteiger partial charge is 0.378 e. The van der Waals surface area contributed by atoms with Crippen LogP contribution in [0, 0.1) is 0 Å². The van der Waals surface area contributed by atoms with E-state index in [9.17, 15) is 13.2 Å². The second-order valence-electron chi connectivity index (χ2n) is 7.00. The van der Waals surface area contributed by atoms with E-state index in [-0.39, 0.29) is 29.5 Å². The van der Waals surface area contributed by atoms with Crippen LogP contribution in [0.25, 0.3) is 0 Å². The molecule has 0 atom stereocenters. The number of aromatic nitrogens is 3. The monoisotopic (exact) mass is 434 g/mol. The van der Waals surface area contributed by atoms with Crippen LogP contribution in [0.2, 0.25) is 0 Å². The SMILES string of the molecule is CN(C)c1nc(CNC(=O)CCS(=O)(=O)c2ccccc2)nc(N2CCOCC2)n1. The predicted octanol–water partition coefficient (Wildman–Crippen LogP) is 0.254. The number of carbonyl (C=O) groups excluding carboxylic acids is 1. The van der Waals surface area contributed by atoms with Crippen molar-refractivity contribution < 1.29 is 17.9 Å². The highest BCUT2D eigenvalue weighted by molar-refractivity contribution is 7.91. The molecule has 1 aliphatic heterocycles. The van der Waals surface area contributed by atoms with Gasteiger partial charge in [0.05, 0.1) is 30.4 Å². The Kier molecular flexibility index (Phi) is 7.16. The van der Waals surface area contributed by atoms with Gasteiger partial charge in [-0.25, -0.2) is 8.42 Å². The number of sulfone groups is 1. The van der Waals surface area contributed by atoms with Gasteiger partial charge in [-0.3, -0.25) is 4.79 Å². The van der Waals surface area contributed by atoms with Crippen LogP contribution in [0.15, 0.2) is 35.2 Å². The summed E-state index contributed by atoms with van der Waals surface area (Å²) in [6, 6.07) is 8.10. The number of anilines is 2. The van der Waals surface area contributed by atoms with E-state index in [1.165, 1.54) is 12.1 Å². The molecule has 0 saturated carbocycles. The second-order valence-corrected chi connectivity index (χ2v) is 9.11. The fraction of sp³-hybridized carbons (Fsp3) is 0.474. The summed E-state index contributed by atoms with van der Waals surface area (Å²) in [6.07, 6.45) is -0.140. The van der Waals surface area contributed by atoms with Crippen molar-refractivity contribution in [3.63, 3.8) is 0 Å². The van der Waals surface area contributed by atoms with Gasteiger partial charge >= 0.3 is 0 Å². The first kappa shape index (κ1) is 21.9. The summed E-state index contributed by atoms with van der Waals surface area (Å²) in [7, 11) is 0.152.